The van der Waals surface area contributed by atoms with E-state index in [0.29, 0.717) is 0 Å². The topological polar surface area (TPSA) is 127 Å². The number of carboxylic acids is 1. The Morgan fingerprint density at radius 3 is 2.58 bits per heavy atom. The van der Waals surface area contributed by atoms with Gasteiger partial charge >= 0.3 is 5.97 Å². The van der Waals surface area contributed by atoms with Crippen LogP contribution < -0.4 is 10.5 Å². The van der Waals surface area contributed by atoms with Crippen LogP contribution in [-0.4, -0.2) is 31.9 Å². The number of rotatable bonds is 7. The number of benzene rings is 1. The van der Waals surface area contributed by atoms with Crippen molar-refractivity contribution in [2.75, 3.05) is 6.54 Å². The number of hydrogen-bond acceptors (Lipinski definition) is 4. The Morgan fingerprint density at radius 1 is 1.32 bits per heavy atom. The fourth-order valence-electron chi connectivity index (χ4n) is 1.35. The Bertz CT molecular complexity index is 583. The van der Waals surface area contributed by atoms with Gasteiger partial charge in [-0.15, -0.1) is 0 Å². The maximum absolute atomic E-state index is 11.8. The van der Waals surface area contributed by atoms with Gasteiger partial charge in [-0.1, -0.05) is 6.07 Å². The third-order valence-corrected chi connectivity index (χ3v) is 3.75. The fraction of sp³-hybridized carbons (Fsp3) is 0.273. The van der Waals surface area contributed by atoms with E-state index in [1.54, 1.807) is 0 Å². The highest BCUT2D eigenvalue weighted by molar-refractivity contribution is 7.89. The van der Waals surface area contributed by atoms with E-state index in [4.69, 9.17) is 10.8 Å². The molecule has 0 fully saturated rings. The van der Waals surface area contributed by atoms with Crippen molar-refractivity contribution in [3.63, 3.8) is 0 Å². The molecule has 4 N–H and O–H groups in total. The summed E-state index contributed by atoms with van der Waals surface area (Å²) in [6.45, 7) is 0.00936. The Kier molecular flexibility index (Phi) is 5.02. The summed E-state index contributed by atoms with van der Waals surface area (Å²) in [4.78, 5) is 21.2. The average Bonchev–Trinajstić information content (AvgIpc) is 2.34. The van der Waals surface area contributed by atoms with Gasteiger partial charge in [0, 0.05) is 18.5 Å². The predicted octanol–water partition coefficient (Wildman–Crippen LogP) is -0.0714. The Morgan fingerprint density at radius 2 is 2.00 bits per heavy atom. The molecule has 0 unspecified atom stereocenters. The second-order valence-corrected chi connectivity index (χ2v) is 5.55. The van der Waals surface area contributed by atoms with Gasteiger partial charge in [-0.25, -0.2) is 13.1 Å². The molecule has 7 nitrogen and oxygen atoms in total. The first kappa shape index (κ1) is 15.1. The normalized spacial score (nSPS) is 11.2. The van der Waals surface area contributed by atoms with Crippen LogP contribution in [0.25, 0.3) is 0 Å². The van der Waals surface area contributed by atoms with Crippen molar-refractivity contribution in [3.05, 3.63) is 29.8 Å². The first-order chi connectivity index (χ1) is 8.83. The van der Waals surface area contributed by atoms with Crippen molar-refractivity contribution in [1.82, 2.24) is 4.72 Å². The molecule has 1 amide bonds. The highest BCUT2D eigenvalue weighted by Crippen LogP contribution is 2.11. The van der Waals surface area contributed by atoms with Crippen molar-refractivity contribution >= 4 is 21.9 Å². The van der Waals surface area contributed by atoms with Crippen molar-refractivity contribution in [2.24, 2.45) is 5.73 Å². The number of nitrogens with two attached hydrogens (primary N) is 1. The second-order valence-electron chi connectivity index (χ2n) is 3.79. The van der Waals surface area contributed by atoms with Crippen LogP contribution in [0.1, 0.15) is 23.2 Å². The fourth-order valence-corrected chi connectivity index (χ4v) is 2.47. The second kappa shape index (κ2) is 6.30. The number of nitrogens with one attached hydrogen (secondary N) is 1. The van der Waals surface area contributed by atoms with E-state index in [-0.39, 0.29) is 29.8 Å². The number of aliphatic carboxylic acids is 1. The molecule has 0 bridgehead atoms. The van der Waals surface area contributed by atoms with Gasteiger partial charge in [0.05, 0.1) is 4.90 Å². The van der Waals surface area contributed by atoms with Gasteiger partial charge in [0.1, 0.15) is 0 Å². The molecule has 0 aliphatic carbocycles. The maximum Gasteiger partial charge on any atom is 0.303 e. The third kappa shape index (κ3) is 4.68. The molecule has 0 saturated carbocycles. The average molecular weight is 286 g/mol. The molecule has 0 heterocycles. The van der Waals surface area contributed by atoms with Crippen molar-refractivity contribution in [2.45, 2.75) is 17.7 Å². The molecule has 0 spiro atoms. The van der Waals surface area contributed by atoms with Crippen LogP contribution in [0, 0.1) is 0 Å². The zero-order valence-electron chi connectivity index (χ0n) is 10.00. The number of carbonyl (C=O) groups excluding carboxylic acids is 1. The highest BCUT2D eigenvalue weighted by Gasteiger charge is 2.15. The molecule has 19 heavy (non-hydrogen) atoms. The molecular weight excluding hydrogens is 272 g/mol. The van der Waals surface area contributed by atoms with Crippen molar-refractivity contribution < 1.29 is 23.1 Å². The summed E-state index contributed by atoms with van der Waals surface area (Å²) >= 11 is 0. The van der Waals surface area contributed by atoms with Crippen LogP contribution in [0.3, 0.4) is 0 Å². The molecule has 8 heteroatoms. The monoisotopic (exact) mass is 286 g/mol. The highest BCUT2D eigenvalue weighted by atomic mass is 32.2. The minimum atomic E-state index is -3.76. The van der Waals surface area contributed by atoms with Crippen molar-refractivity contribution in [3.8, 4) is 0 Å². The van der Waals surface area contributed by atoms with Gasteiger partial charge in [0.15, 0.2) is 0 Å². The number of amides is 1. The van der Waals surface area contributed by atoms with Crippen LogP contribution in [0.15, 0.2) is 29.2 Å². The first-order valence-electron chi connectivity index (χ1n) is 5.44. The van der Waals surface area contributed by atoms with E-state index >= 15 is 0 Å². The van der Waals surface area contributed by atoms with Crippen LogP contribution in [0.5, 0.6) is 0 Å². The predicted molar refractivity (Wildman–Crippen MR) is 67.0 cm³/mol. The van der Waals surface area contributed by atoms with E-state index < -0.39 is 21.9 Å². The van der Waals surface area contributed by atoms with Gasteiger partial charge in [-0.2, -0.15) is 0 Å². The lowest BCUT2D eigenvalue weighted by Gasteiger charge is -2.06. The summed E-state index contributed by atoms with van der Waals surface area (Å²) in [6.07, 6.45) is 0.0634. The zero-order valence-corrected chi connectivity index (χ0v) is 10.8. The van der Waals surface area contributed by atoms with Crippen molar-refractivity contribution in [1.29, 1.82) is 0 Å². The summed E-state index contributed by atoms with van der Waals surface area (Å²) in [7, 11) is -3.76. The first-order valence-corrected chi connectivity index (χ1v) is 6.92. The van der Waals surface area contributed by atoms with Crippen LogP contribution >= 0.6 is 0 Å². The minimum absolute atomic E-state index is 0.00936. The largest absolute Gasteiger partial charge is 0.481 e. The van der Waals surface area contributed by atoms with Crippen LogP contribution in [-0.2, 0) is 14.8 Å². The molecule has 1 aromatic rings. The molecule has 0 atom stereocenters. The summed E-state index contributed by atoms with van der Waals surface area (Å²) in [6, 6.07) is 5.31. The molecule has 0 aliphatic heterocycles. The lowest BCUT2D eigenvalue weighted by Crippen LogP contribution is -2.25. The van der Waals surface area contributed by atoms with Gasteiger partial charge < -0.3 is 10.8 Å². The minimum Gasteiger partial charge on any atom is -0.481 e. The van der Waals surface area contributed by atoms with Gasteiger partial charge in [-0.05, 0) is 24.6 Å². The van der Waals surface area contributed by atoms with Gasteiger partial charge in [-0.3, -0.25) is 9.59 Å². The summed E-state index contributed by atoms with van der Waals surface area (Å²) in [5.74, 6) is -1.71. The van der Waals surface area contributed by atoms with Crippen LogP contribution in [0.4, 0.5) is 0 Å². The van der Waals surface area contributed by atoms with Gasteiger partial charge in [0.2, 0.25) is 15.9 Å². The number of primary amides is 1. The maximum atomic E-state index is 11.8. The Hall–Kier alpha value is -1.93. The Labute approximate surface area is 110 Å². The van der Waals surface area contributed by atoms with E-state index in [2.05, 4.69) is 4.72 Å². The number of carbonyl (C=O) groups is 2. The Balaban J connectivity index is 2.74. The molecular formula is C11H14N2O5S. The van der Waals surface area contributed by atoms with E-state index in [1.165, 1.54) is 24.3 Å². The molecule has 1 aromatic carbocycles. The molecule has 104 valence electrons. The van der Waals surface area contributed by atoms with Gasteiger partial charge in [0.25, 0.3) is 0 Å². The number of hydrogen-bond donors (Lipinski definition) is 3. The number of carboxylic acid groups (broad SMARTS) is 1. The zero-order chi connectivity index (χ0) is 14.5. The molecule has 0 aromatic heterocycles. The lowest BCUT2D eigenvalue weighted by molar-refractivity contribution is -0.137. The summed E-state index contributed by atoms with van der Waals surface area (Å²) in [5, 5.41) is 8.43. The van der Waals surface area contributed by atoms with E-state index in [1.807, 2.05) is 0 Å². The van der Waals surface area contributed by atoms with E-state index in [9.17, 15) is 18.0 Å². The quantitative estimate of drug-likeness (QED) is 0.605. The van der Waals surface area contributed by atoms with E-state index in [0.717, 1.165) is 0 Å². The molecule has 0 saturated heterocycles. The number of sulfonamides is 1. The molecule has 1 rings (SSSR count). The van der Waals surface area contributed by atoms with Crippen LogP contribution in [0.2, 0.25) is 0 Å². The SMILES string of the molecule is NC(=O)c1cccc(S(=O)(=O)NCCCC(=O)O)c1. The standard InChI is InChI=1S/C11H14N2O5S/c12-11(16)8-3-1-4-9(7-8)19(17,18)13-6-2-5-10(14)15/h1,3-4,7,13H,2,5-6H2,(H2,12,16)(H,14,15). The summed E-state index contributed by atoms with van der Waals surface area (Å²) in [5.41, 5.74) is 5.15. The molecule has 0 radical (unpaired) electrons. The summed E-state index contributed by atoms with van der Waals surface area (Å²) < 4.78 is 25.9. The molecule has 0 aliphatic rings. The smallest absolute Gasteiger partial charge is 0.303 e. The third-order valence-electron chi connectivity index (χ3n) is 2.29. The lowest BCUT2D eigenvalue weighted by atomic mass is 10.2.